The van der Waals surface area contributed by atoms with E-state index in [1.54, 1.807) is 29.6 Å². The van der Waals surface area contributed by atoms with Gasteiger partial charge in [-0.2, -0.15) is 4.31 Å². The van der Waals surface area contributed by atoms with Gasteiger partial charge in [-0.25, -0.2) is 8.42 Å². The van der Waals surface area contributed by atoms with Gasteiger partial charge in [0, 0.05) is 30.7 Å². The second-order valence-electron chi connectivity index (χ2n) is 5.97. The molecule has 0 spiro atoms. The van der Waals surface area contributed by atoms with Crippen LogP contribution in [0.2, 0.25) is 0 Å². The Morgan fingerprint density at radius 3 is 2.36 bits per heavy atom. The largest absolute Gasteiger partial charge is 0.495 e. The molecule has 134 valence electrons. The van der Waals surface area contributed by atoms with Gasteiger partial charge in [0.15, 0.2) is 0 Å². The maximum atomic E-state index is 12.9. The van der Waals surface area contributed by atoms with Crippen molar-refractivity contribution < 1.29 is 13.2 Å². The van der Waals surface area contributed by atoms with E-state index in [-0.39, 0.29) is 0 Å². The van der Waals surface area contributed by atoms with Crippen LogP contribution in [-0.4, -0.2) is 46.0 Å². The topological polar surface area (TPSA) is 49.9 Å². The summed E-state index contributed by atoms with van der Waals surface area (Å²) in [6.45, 7) is 4.07. The van der Waals surface area contributed by atoms with E-state index in [1.165, 1.54) is 0 Å². The van der Waals surface area contributed by atoms with Gasteiger partial charge >= 0.3 is 0 Å². The number of halogens is 1. The zero-order chi connectivity index (χ0) is 18.0. The molecule has 0 amide bonds. The predicted octanol–water partition coefficient (Wildman–Crippen LogP) is 3.28. The fourth-order valence-electron chi connectivity index (χ4n) is 2.99. The zero-order valence-electron chi connectivity index (χ0n) is 14.3. The summed E-state index contributed by atoms with van der Waals surface area (Å²) in [7, 11) is -1.82. The Morgan fingerprint density at radius 2 is 1.72 bits per heavy atom. The van der Waals surface area contributed by atoms with Crippen molar-refractivity contribution >= 4 is 31.6 Å². The number of hydrogen-bond acceptors (Lipinski definition) is 4. The van der Waals surface area contributed by atoms with Gasteiger partial charge in [-0.15, -0.1) is 0 Å². The number of hydrogen-bond donors (Lipinski definition) is 0. The third-order valence-corrected chi connectivity index (χ3v) is 7.22. The van der Waals surface area contributed by atoms with Crippen molar-refractivity contribution in [3.63, 3.8) is 0 Å². The summed E-state index contributed by atoms with van der Waals surface area (Å²) in [5.41, 5.74) is 1.91. The van der Waals surface area contributed by atoms with Gasteiger partial charge in [-0.05, 0) is 42.8 Å². The molecule has 1 fully saturated rings. The highest BCUT2D eigenvalue weighted by molar-refractivity contribution is 9.10. The van der Waals surface area contributed by atoms with Crippen molar-refractivity contribution in [3.05, 3.63) is 52.5 Å². The maximum Gasteiger partial charge on any atom is 0.243 e. The van der Waals surface area contributed by atoms with Gasteiger partial charge in [0.2, 0.25) is 10.0 Å². The number of benzene rings is 2. The van der Waals surface area contributed by atoms with E-state index in [9.17, 15) is 8.42 Å². The molecule has 0 radical (unpaired) electrons. The molecule has 7 heteroatoms. The molecule has 1 aliphatic heterocycles. The Kier molecular flexibility index (Phi) is 5.36. The Bertz CT molecular complexity index is 862. The third-order valence-electron chi connectivity index (χ3n) is 4.43. The average Bonchev–Trinajstić information content (AvgIpc) is 2.64. The van der Waals surface area contributed by atoms with Crippen LogP contribution >= 0.6 is 15.9 Å². The van der Waals surface area contributed by atoms with Crippen LogP contribution in [0.1, 0.15) is 5.56 Å². The normalized spacial score (nSPS) is 16.0. The molecule has 1 saturated heterocycles. The van der Waals surface area contributed by atoms with Crippen molar-refractivity contribution in [2.45, 2.75) is 11.8 Å². The molecular weight excluding hydrogens is 404 g/mol. The summed E-state index contributed by atoms with van der Waals surface area (Å²) in [4.78, 5) is 2.51. The molecule has 1 heterocycles. The first-order valence-electron chi connectivity index (χ1n) is 8.08. The van der Waals surface area contributed by atoms with Crippen LogP contribution in [0.5, 0.6) is 5.75 Å². The highest BCUT2D eigenvalue weighted by atomic mass is 79.9. The number of ether oxygens (including phenoxy) is 1. The van der Waals surface area contributed by atoms with Crippen LogP contribution in [0.25, 0.3) is 0 Å². The van der Waals surface area contributed by atoms with Crippen molar-refractivity contribution in [3.8, 4) is 5.75 Å². The number of nitrogens with zero attached hydrogens (tertiary/aromatic N) is 2. The first-order valence-corrected chi connectivity index (χ1v) is 10.3. The Hall–Kier alpha value is -1.57. The summed E-state index contributed by atoms with van der Waals surface area (Å²) < 4.78 is 33.6. The van der Waals surface area contributed by atoms with E-state index >= 15 is 0 Å². The number of para-hydroxylation sites is 2. The smallest absolute Gasteiger partial charge is 0.243 e. The number of piperazine rings is 1. The van der Waals surface area contributed by atoms with Crippen LogP contribution < -0.4 is 9.64 Å². The zero-order valence-corrected chi connectivity index (χ0v) is 16.7. The number of aryl methyl sites for hydroxylation is 1. The molecule has 0 atom stereocenters. The van der Waals surface area contributed by atoms with E-state index < -0.39 is 10.0 Å². The quantitative estimate of drug-likeness (QED) is 0.755. The number of sulfonamides is 1. The Balaban J connectivity index is 1.76. The molecule has 3 rings (SSSR count). The molecule has 0 aliphatic carbocycles. The van der Waals surface area contributed by atoms with Crippen LogP contribution in [0.3, 0.4) is 0 Å². The van der Waals surface area contributed by atoms with Crippen LogP contribution in [0, 0.1) is 6.92 Å². The molecule has 2 aromatic carbocycles. The lowest BCUT2D eigenvalue weighted by molar-refractivity contribution is 0.378. The molecule has 0 aromatic heterocycles. The molecule has 0 bridgehead atoms. The minimum atomic E-state index is -3.47. The van der Waals surface area contributed by atoms with Crippen LogP contribution in [0.15, 0.2) is 51.8 Å². The van der Waals surface area contributed by atoms with Crippen molar-refractivity contribution in [2.75, 3.05) is 38.2 Å². The second kappa shape index (κ2) is 7.35. The minimum absolute atomic E-state index is 0.346. The van der Waals surface area contributed by atoms with E-state index in [4.69, 9.17) is 4.74 Å². The number of methoxy groups -OCH3 is 1. The molecule has 5 nitrogen and oxygen atoms in total. The van der Waals surface area contributed by atoms with Gasteiger partial charge in [0.25, 0.3) is 0 Å². The monoisotopic (exact) mass is 424 g/mol. The van der Waals surface area contributed by atoms with Gasteiger partial charge in [-0.1, -0.05) is 28.1 Å². The minimum Gasteiger partial charge on any atom is -0.495 e. The van der Waals surface area contributed by atoms with Gasteiger partial charge in [0.05, 0.1) is 17.7 Å². The lowest BCUT2D eigenvalue weighted by Crippen LogP contribution is -2.48. The second-order valence-corrected chi connectivity index (χ2v) is 8.77. The summed E-state index contributed by atoms with van der Waals surface area (Å²) in [6, 6.07) is 13.0. The van der Waals surface area contributed by atoms with Crippen molar-refractivity contribution in [2.24, 2.45) is 0 Å². The maximum absolute atomic E-state index is 12.9. The van der Waals surface area contributed by atoms with Crippen LogP contribution in [0.4, 0.5) is 5.69 Å². The van der Waals surface area contributed by atoms with E-state index in [2.05, 4.69) is 20.8 Å². The molecular formula is C18H21BrN2O3S. The molecule has 0 N–H and O–H groups in total. The van der Waals surface area contributed by atoms with Crippen molar-refractivity contribution in [1.29, 1.82) is 0 Å². The lowest BCUT2D eigenvalue weighted by atomic mass is 10.2. The first-order chi connectivity index (χ1) is 11.9. The van der Waals surface area contributed by atoms with E-state index in [0.717, 1.165) is 21.5 Å². The molecule has 2 aromatic rings. The fraction of sp³-hybridized carbons (Fsp3) is 0.333. The molecule has 0 saturated carbocycles. The predicted molar refractivity (Wildman–Crippen MR) is 103 cm³/mol. The summed E-state index contributed by atoms with van der Waals surface area (Å²) in [5.74, 6) is 0.808. The first kappa shape index (κ1) is 18.2. The molecule has 1 aliphatic rings. The molecule has 0 unspecified atom stereocenters. The Labute approximate surface area is 157 Å². The number of rotatable bonds is 4. The standard InChI is InChI=1S/C18H21BrN2O3S/c1-14-13-15(7-8-16(14)19)25(22,23)21-11-9-20(10-12-21)17-5-3-4-6-18(17)24-2/h3-8,13H,9-12H2,1-2H3. The highest BCUT2D eigenvalue weighted by Crippen LogP contribution is 2.29. The summed E-state index contributed by atoms with van der Waals surface area (Å²) >= 11 is 3.41. The Morgan fingerprint density at radius 1 is 1.04 bits per heavy atom. The fourth-order valence-corrected chi connectivity index (χ4v) is 4.74. The lowest BCUT2D eigenvalue weighted by Gasteiger charge is -2.36. The summed E-state index contributed by atoms with van der Waals surface area (Å²) in [5, 5.41) is 0. The summed E-state index contributed by atoms with van der Waals surface area (Å²) in [6.07, 6.45) is 0. The number of anilines is 1. The van der Waals surface area contributed by atoms with Gasteiger partial charge < -0.3 is 9.64 Å². The highest BCUT2D eigenvalue weighted by Gasteiger charge is 2.29. The third kappa shape index (κ3) is 3.68. The average molecular weight is 425 g/mol. The van der Waals surface area contributed by atoms with Crippen molar-refractivity contribution in [1.82, 2.24) is 4.31 Å². The molecule has 25 heavy (non-hydrogen) atoms. The van der Waals surface area contributed by atoms with Gasteiger partial charge in [-0.3, -0.25) is 0 Å². The van der Waals surface area contributed by atoms with Gasteiger partial charge in [0.1, 0.15) is 5.75 Å². The van der Waals surface area contributed by atoms with Crippen LogP contribution in [-0.2, 0) is 10.0 Å². The SMILES string of the molecule is COc1ccccc1N1CCN(S(=O)(=O)c2ccc(Br)c(C)c2)CC1. The van der Waals surface area contributed by atoms with E-state index in [0.29, 0.717) is 31.1 Å². The van der Waals surface area contributed by atoms with E-state index in [1.807, 2.05) is 31.2 Å².